The van der Waals surface area contributed by atoms with Crippen LogP contribution in [0, 0.1) is 5.92 Å². The zero-order valence-corrected chi connectivity index (χ0v) is 12.7. The lowest BCUT2D eigenvalue weighted by molar-refractivity contribution is 0.312. The Morgan fingerprint density at radius 1 is 1.26 bits per heavy atom. The second-order valence-corrected chi connectivity index (χ2v) is 6.08. The Kier molecular flexibility index (Phi) is 5.41. The summed E-state index contributed by atoms with van der Waals surface area (Å²) in [5.41, 5.74) is 3.02. The minimum atomic E-state index is 0.606. The van der Waals surface area contributed by atoms with Gasteiger partial charge in [-0.3, -0.25) is 4.90 Å². The summed E-state index contributed by atoms with van der Waals surface area (Å²) in [5, 5.41) is 3.57. The maximum absolute atomic E-state index is 3.57. The molecule has 2 heteroatoms. The zero-order valence-electron chi connectivity index (χ0n) is 12.7. The highest BCUT2D eigenvalue weighted by Gasteiger charge is 2.22. The number of hydrogen-bond acceptors (Lipinski definition) is 2. The van der Waals surface area contributed by atoms with Crippen LogP contribution in [0.15, 0.2) is 24.3 Å². The number of likely N-dealkylation sites (tertiary alicyclic amines) is 1. The first-order valence-electron chi connectivity index (χ1n) is 7.71. The second kappa shape index (κ2) is 7.06. The van der Waals surface area contributed by atoms with Crippen LogP contribution in [0.25, 0.3) is 0 Å². The van der Waals surface area contributed by atoms with Crippen LogP contribution in [0.1, 0.15) is 38.3 Å². The molecule has 0 bridgehead atoms. The normalized spacial score (nSPS) is 20.3. The third-order valence-electron chi connectivity index (χ3n) is 4.08. The van der Waals surface area contributed by atoms with E-state index < -0.39 is 0 Å². The van der Waals surface area contributed by atoms with E-state index in [1.165, 1.54) is 37.2 Å². The van der Waals surface area contributed by atoms with Gasteiger partial charge in [0.05, 0.1) is 0 Å². The largest absolute Gasteiger partial charge is 0.314 e. The van der Waals surface area contributed by atoms with E-state index in [-0.39, 0.29) is 0 Å². The summed E-state index contributed by atoms with van der Waals surface area (Å²) < 4.78 is 0. The highest BCUT2D eigenvalue weighted by atomic mass is 15.1. The number of aryl methyl sites for hydroxylation is 1. The zero-order chi connectivity index (χ0) is 13.7. The van der Waals surface area contributed by atoms with Crippen molar-refractivity contribution in [3.8, 4) is 0 Å². The van der Waals surface area contributed by atoms with Crippen molar-refractivity contribution in [2.24, 2.45) is 5.92 Å². The Balaban J connectivity index is 1.84. The number of benzene rings is 1. The Bertz CT molecular complexity index is 387. The van der Waals surface area contributed by atoms with Gasteiger partial charge in [-0.25, -0.2) is 0 Å². The van der Waals surface area contributed by atoms with E-state index in [1.807, 2.05) is 0 Å². The Hall–Kier alpha value is -0.860. The van der Waals surface area contributed by atoms with E-state index in [4.69, 9.17) is 0 Å². The van der Waals surface area contributed by atoms with E-state index in [2.05, 4.69) is 55.3 Å². The molecule has 1 unspecified atom stereocenters. The van der Waals surface area contributed by atoms with Gasteiger partial charge in [-0.05, 0) is 43.0 Å². The summed E-state index contributed by atoms with van der Waals surface area (Å²) in [5.74, 6) is 0.830. The van der Waals surface area contributed by atoms with Crippen molar-refractivity contribution >= 4 is 0 Å². The molecule has 2 rings (SSSR count). The lowest BCUT2D eigenvalue weighted by Gasteiger charge is -2.18. The van der Waals surface area contributed by atoms with E-state index in [9.17, 15) is 0 Å². The molecule has 106 valence electrons. The van der Waals surface area contributed by atoms with E-state index in [0.29, 0.717) is 6.04 Å². The van der Waals surface area contributed by atoms with Gasteiger partial charge in [0.25, 0.3) is 0 Å². The quantitative estimate of drug-likeness (QED) is 0.845. The van der Waals surface area contributed by atoms with Crippen LogP contribution >= 0.6 is 0 Å². The molecule has 0 saturated carbocycles. The number of nitrogens with zero attached hydrogens (tertiary/aromatic N) is 1. The SMILES string of the molecule is CCc1ccccc1CN1CCC(CNC(C)C)C1. The van der Waals surface area contributed by atoms with Gasteiger partial charge in [0.2, 0.25) is 0 Å². The van der Waals surface area contributed by atoms with Gasteiger partial charge in [0.15, 0.2) is 0 Å². The van der Waals surface area contributed by atoms with Crippen LogP contribution < -0.4 is 5.32 Å². The highest BCUT2D eigenvalue weighted by Crippen LogP contribution is 2.20. The maximum Gasteiger partial charge on any atom is 0.0236 e. The molecule has 0 spiro atoms. The molecule has 1 N–H and O–H groups in total. The predicted molar refractivity (Wildman–Crippen MR) is 82.3 cm³/mol. The molecule has 0 radical (unpaired) electrons. The first-order valence-corrected chi connectivity index (χ1v) is 7.71. The van der Waals surface area contributed by atoms with Gasteiger partial charge in [0.1, 0.15) is 0 Å². The third-order valence-corrected chi connectivity index (χ3v) is 4.08. The summed E-state index contributed by atoms with van der Waals surface area (Å²) in [6.45, 7) is 11.5. The summed E-state index contributed by atoms with van der Waals surface area (Å²) >= 11 is 0. The van der Waals surface area contributed by atoms with E-state index >= 15 is 0 Å². The summed E-state index contributed by atoms with van der Waals surface area (Å²) in [4.78, 5) is 2.61. The van der Waals surface area contributed by atoms with E-state index in [1.54, 1.807) is 0 Å². The molecule has 1 atom stereocenters. The molecule has 1 aliphatic heterocycles. The average Bonchev–Trinajstić information content (AvgIpc) is 2.85. The van der Waals surface area contributed by atoms with Crippen molar-refractivity contribution in [1.82, 2.24) is 10.2 Å². The van der Waals surface area contributed by atoms with Gasteiger partial charge >= 0.3 is 0 Å². The molecule has 1 aliphatic rings. The first kappa shape index (κ1) is 14.5. The van der Waals surface area contributed by atoms with Crippen molar-refractivity contribution in [3.05, 3.63) is 35.4 Å². The Labute approximate surface area is 118 Å². The maximum atomic E-state index is 3.57. The fourth-order valence-electron chi connectivity index (χ4n) is 2.92. The molecule has 0 aromatic heterocycles. The molecular formula is C17H28N2. The summed E-state index contributed by atoms with van der Waals surface area (Å²) in [7, 11) is 0. The van der Waals surface area contributed by atoms with Crippen LogP contribution in [-0.4, -0.2) is 30.6 Å². The fourth-order valence-corrected chi connectivity index (χ4v) is 2.92. The number of nitrogens with one attached hydrogen (secondary N) is 1. The predicted octanol–water partition coefficient (Wildman–Crippen LogP) is 3.07. The minimum Gasteiger partial charge on any atom is -0.314 e. The molecule has 1 aromatic rings. The topological polar surface area (TPSA) is 15.3 Å². The minimum absolute atomic E-state index is 0.606. The van der Waals surface area contributed by atoms with Crippen molar-refractivity contribution in [3.63, 3.8) is 0 Å². The molecule has 0 aliphatic carbocycles. The summed E-state index contributed by atoms with van der Waals surface area (Å²) in [6, 6.07) is 9.49. The van der Waals surface area contributed by atoms with Crippen LogP contribution in [0.2, 0.25) is 0 Å². The molecule has 0 amide bonds. The molecular weight excluding hydrogens is 232 g/mol. The number of rotatable bonds is 6. The van der Waals surface area contributed by atoms with Crippen LogP contribution in [0.5, 0.6) is 0 Å². The van der Waals surface area contributed by atoms with Crippen molar-refractivity contribution < 1.29 is 0 Å². The fraction of sp³-hybridized carbons (Fsp3) is 0.647. The van der Waals surface area contributed by atoms with Crippen molar-refractivity contribution in [1.29, 1.82) is 0 Å². The molecule has 2 nitrogen and oxygen atoms in total. The Morgan fingerprint density at radius 2 is 2.00 bits per heavy atom. The second-order valence-electron chi connectivity index (χ2n) is 6.08. The molecule has 1 aromatic carbocycles. The van der Waals surface area contributed by atoms with E-state index in [0.717, 1.165) is 18.9 Å². The lowest BCUT2D eigenvalue weighted by atomic mass is 10.1. The Morgan fingerprint density at radius 3 is 2.68 bits per heavy atom. The number of hydrogen-bond donors (Lipinski definition) is 1. The standard InChI is InChI=1S/C17H28N2/c1-4-16-7-5-6-8-17(16)13-19-10-9-15(12-19)11-18-14(2)3/h5-8,14-15,18H,4,9-13H2,1-3H3. The van der Waals surface area contributed by atoms with Gasteiger partial charge in [-0.15, -0.1) is 0 Å². The van der Waals surface area contributed by atoms with Crippen molar-refractivity contribution in [2.45, 2.75) is 46.2 Å². The third kappa shape index (κ3) is 4.32. The monoisotopic (exact) mass is 260 g/mol. The van der Waals surface area contributed by atoms with Crippen LogP contribution in [0.3, 0.4) is 0 Å². The van der Waals surface area contributed by atoms with Crippen LogP contribution in [-0.2, 0) is 13.0 Å². The molecule has 19 heavy (non-hydrogen) atoms. The van der Waals surface area contributed by atoms with Gasteiger partial charge in [-0.2, -0.15) is 0 Å². The molecule has 1 fully saturated rings. The smallest absolute Gasteiger partial charge is 0.0236 e. The average molecular weight is 260 g/mol. The van der Waals surface area contributed by atoms with Crippen molar-refractivity contribution in [2.75, 3.05) is 19.6 Å². The highest BCUT2D eigenvalue weighted by molar-refractivity contribution is 5.27. The van der Waals surface area contributed by atoms with Gasteiger partial charge < -0.3 is 5.32 Å². The van der Waals surface area contributed by atoms with Crippen LogP contribution in [0.4, 0.5) is 0 Å². The van der Waals surface area contributed by atoms with Gasteiger partial charge in [0, 0.05) is 19.1 Å². The molecule has 1 heterocycles. The lowest BCUT2D eigenvalue weighted by Crippen LogP contribution is -2.30. The molecule has 1 saturated heterocycles. The van der Waals surface area contributed by atoms with Gasteiger partial charge in [-0.1, -0.05) is 45.0 Å². The first-order chi connectivity index (χ1) is 9.19. The summed E-state index contributed by atoms with van der Waals surface area (Å²) in [6.07, 6.45) is 2.48.